The Balaban J connectivity index is 2.48. The van der Waals surface area contributed by atoms with Crippen LogP contribution in [0.4, 0.5) is 5.69 Å². The molecule has 86 valence electrons. The fourth-order valence-electron chi connectivity index (χ4n) is 2.16. The number of nitrogens with one attached hydrogen (secondary N) is 1. The van der Waals surface area contributed by atoms with Gasteiger partial charge in [-0.25, -0.2) is 0 Å². The minimum atomic E-state index is -0.00169. The van der Waals surface area contributed by atoms with Crippen LogP contribution in [0.3, 0.4) is 0 Å². The van der Waals surface area contributed by atoms with Crippen LogP contribution in [0.15, 0.2) is 28.7 Å². The third-order valence-corrected chi connectivity index (χ3v) is 3.23. The molecule has 2 nitrogen and oxygen atoms in total. The number of hydrogen-bond acceptors (Lipinski definition) is 2. The zero-order valence-electron chi connectivity index (χ0n) is 9.68. The molecule has 16 heavy (non-hydrogen) atoms. The van der Waals surface area contributed by atoms with Crippen LogP contribution in [0.1, 0.15) is 25.8 Å². The van der Waals surface area contributed by atoms with Gasteiger partial charge in [0.1, 0.15) is 0 Å². The molecule has 0 saturated carbocycles. The third kappa shape index (κ3) is 2.30. The molecule has 0 saturated heterocycles. The van der Waals surface area contributed by atoms with Gasteiger partial charge in [-0.3, -0.25) is 0 Å². The lowest BCUT2D eigenvalue weighted by Gasteiger charge is -2.32. The number of nitrogens with two attached hydrogens (primary N) is 1. The normalized spacial score (nSPS) is 17.4. The molecule has 0 amide bonds. The van der Waals surface area contributed by atoms with Gasteiger partial charge in [0, 0.05) is 15.7 Å². The Morgan fingerprint density at radius 2 is 2.12 bits per heavy atom. The first-order valence-electron chi connectivity index (χ1n) is 5.52. The van der Waals surface area contributed by atoms with Gasteiger partial charge in [0.25, 0.3) is 0 Å². The summed E-state index contributed by atoms with van der Waals surface area (Å²) in [5.41, 5.74) is 9.46. The molecule has 0 atom stereocenters. The Labute approximate surface area is 105 Å². The molecule has 0 aliphatic carbocycles. The Kier molecular flexibility index (Phi) is 3.08. The highest BCUT2D eigenvalue weighted by molar-refractivity contribution is 9.10. The van der Waals surface area contributed by atoms with Crippen molar-refractivity contribution >= 4 is 27.2 Å². The average Bonchev–Trinajstić information content (AvgIpc) is 2.15. The van der Waals surface area contributed by atoms with Gasteiger partial charge in [0.15, 0.2) is 0 Å². The maximum atomic E-state index is 5.66. The Morgan fingerprint density at radius 3 is 2.81 bits per heavy atom. The molecule has 0 bridgehead atoms. The van der Waals surface area contributed by atoms with E-state index in [1.54, 1.807) is 0 Å². The number of rotatable bonds is 2. The van der Waals surface area contributed by atoms with Crippen molar-refractivity contribution in [2.75, 3.05) is 11.9 Å². The molecule has 3 heteroatoms. The predicted octanol–water partition coefficient (Wildman–Crippen LogP) is 3.39. The summed E-state index contributed by atoms with van der Waals surface area (Å²) in [5.74, 6) is 0. The van der Waals surface area contributed by atoms with E-state index in [0.717, 1.165) is 10.9 Å². The molecule has 0 radical (unpaired) electrons. The lowest BCUT2D eigenvalue weighted by Crippen LogP contribution is -2.32. The van der Waals surface area contributed by atoms with Crippen molar-refractivity contribution in [2.45, 2.75) is 25.8 Å². The largest absolute Gasteiger partial charge is 0.376 e. The van der Waals surface area contributed by atoms with Gasteiger partial charge < -0.3 is 11.1 Å². The van der Waals surface area contributed by atoms with Crippen molar-refractivity contribution in [2.24, 2.45) is 5.73 Å². The summed E-state index contributed by atoms with van der Waals surface area (Å²) >= 11 is 3.50. The van der Waals surface area contributed by atoms with Gasteiger partial charge in [-0.1, -0.05) is 28.1 Å². The zero-order valence-corrected chi connectivity index (χ0v) is 11.3. The van der Waals surface area contributed by atoms with E-state index in [-0.39, 0.29) is 5.54 Å². The van der Waals surface area contributed by atoms with Crippen molar-refractivity contribution < 1.29 is 0 Å². The molecule has 1 aromatic carbocycles. The molecule has 0 unspecified atom stereocenters. The van der Waals surface area contributed by atoms with Gasteiger partial charge >= 0.3 is 0 Å². The van der Waals surface area contributed by atoms with Crippen LogP contribution in [0.5, 0.6) is 0 Å². The van der Waals surface area contributed by atoms with Crippen LogP contribution in [-0.2, 0) is 0 Å². The molecule has 2 rings (SSSR count). The Hall–Kier alpha value is -0.800. The molecule has 0 fully saturated rings. The smallest absolute Gasteiger partial charge is 0.0506 e. The topological polar surface area (TPSA) is 38.0 Å². The molecule has 1 heterocycles. The van der Waals surface area contributed by atoms with Crippen LogP contribution < -0.4 is 11.1 Å². The van der Waals surface area contributed by atoms with E-state index < -0.39 is 0 Å². The molecule has 0 aromatic heterocycles. The monoisotopic (exact) mass is 280 g/mol. The maximum absolute atomic E-state index is 5.66. The van der Waals surface area contributed by atoms with Crippen LogP contribution in [0.25, 0.3) is 5.57 Å². The fourth-order valence-corrected chi connectivity index (χ4v) is 2.52. The standard InChI is InChI=1S/C13H17BrN2/c1-13(2)8-9(5-6-15)11-4-3-10(14)7-12(11)16-13/h3-4,7-8,16H,5-6,15H2,1-2H3. The minimum absolute atomic E-state index is 0.00169. The summed E-state index contributed by atoms with van der Waals surface area (Å²) in [6, 6.07) is 6.34. The first kappa shape index (κ1) is 11.7. The summed E-state index contributed by atoms with van der Waals surface area (Å²) < 4.78 is 1.10. The van der Waals surface area contributed by atoms with Gasteiger partial charge in [-0.15, -0.1) is 0 Å². The number of fused-ring (bicyclic) bond motifs is 1. The van der Waals surface area contributed by atoms with Crippen molar-refractivity contribution in [1.29, 1.82) is 0 Å². The molecular weight excluding hydrogens is 264 g/mol. The molecule has 1 aliphatic rings. The lowest BCUT2D eigenvalue weighted by atomic mass is 9.89. The summed E-state index contributed by atoms with van der Waals surface area (Å²) in [5, 5.41) is 3.52. The van der Waals surface area contributed by atoms with E-state index >= 15 is 0 Å². The second kappa shape index (κ2) is 4.22. The first-order chi connectivity index (χ1) is 7.52. The van der Waals surface area contributed by atoms with Gasteiger partial charge in [-0.2, -0.15) is 0 Å². The summed E-state index contributed by atoms with van der Waals surface area (Å²) in [6.07, 6.45) is 3.20. The van der Waals surface area contributed by atoms with E-state index in [4.69, 9.17) is 5.73 Å². The predicted molar refractivity (Wildman–Crippen MR) is 73.5 cm³/mol. The van der Waals surface area contributed by atoms with Crippen LogP contribution in [-0.4, -0.2) is 12.1 Å². The fraction of sp³-hybridized carbons (Fsp3) is 0.385. The second-order valence-corrected chi connectivity index (χ2v) is 5.66. The molecule has 3 N–H and O–H groups in total. The van der Waals surface area contributed by atoms with Gasteiger partial charge in [-0.05, 0) is 44.5 Å². The SMILES string of the molecule is CC1(C)C=C(CCN)c2ccc(Br)cc2N1. The summed E-state index contributed by atoms with van der Waals surface area (Å²) in [6.45, 7) is 5.04. The molecule has 1 aliphatic heterocycles. The van der Waals surface area contributed by atoms with Crippen molar-refractivity contribution in [3.63, 3.8) is 0 Å². The molecular formula is C13H17BrN2. The lowest BCUT2D eigenvalue weighted by molar-refractivity contribution is 0.704. The number of anilines is 1. The van der Waals surface area contributed by atoms with Crippen LogP contribution in [0, 0.1) is 0 Å². The maximum Gasteiger partial charge on any atom is 0.0506 e. The van der Waals surface area contributed by atoms with E-state index in [0.29, 0.717) is 6.54 Å². The number of benzene rings is 1. The summed E-state index contributed by atoms with van der Waals surface area (Å²) in [4.78, 5) is 0. The third-order valence-electron chi connectivity index (χ3n) is 2.73. The van der Waals surface area contributed by atoms with E-state index in [1.807, 2.05) is 0 Å². The minimum Gasteiger partial charge on any atom is -0.376 e. The molecule has 1 aromatic rings. The van der Waals surface area contributed by atoms with E-state index in [9.17, 15) is 0 Å². The van der Waals surface area contributed by atoms with Crippen molar-refractivity contribution in [3.05, 3.63) is 34.3 Å². The number of hydrogen-bond donors (Lipinski definition) is 2. The van der Waals surface area contributed by atoms with E-state index in [2.05, 4.69) is 59.4 Å². The van der Waals surface area contributed by atoms with E-state index in [1.165, 1.54) is 16.8 Å². The van der Waals surface area contributed by atoms with Crippen molar-refractivity contribution in [3.8, 4) is 0 Å². The molecule has 0 spiro atoms. The highest BCUT2D eigenvalue weighted by atomic mass is 79.9. The van der Waals surface area contributed by atoms with Crippen LogP contribution in [0.2, 0.25) is 0 Å². The first-order valence-corrected chi connectivity index (χ1v) is 6.31. The summed E-state index contributed by atoms with van der Waals surface area (Å²) in [7, 11) is 0. The average molecular weight is 281 g/mol. The highest BCUT2D eigenvalue weighted by Gasteiger charge is 2.23. The van der Waals surface area contributed by atoms with Crippen LogP contribution >= 0.6 is 15.9 Å². The highest BCUT2D eigenvalue weighted by Crippen LogP contribution is 2.36. The number of halogens is 1. The van der Waals surface area contributed by atoms with Gasteiger partial charge in [0.05, 0.1) is 5.54 Å². The Morgan fingerprint density at radius 1 is 1.38 bits per heavy atom. The quantitative estimate of drug-likeness (QED) is 0.872. The van der Waals surface area contributed by atoms with Crippen molar-refractivity contribution in [1.82, 2.24) is 0 Å². The zero-order chi connectivity index (χ0) is 11.8. The second-order valence-electron chi connectivity index (χ2n) is 4.74. The Bertz CT molecular complexity index is 436. The van der Waals surface area contributed by atoms with Gasteiger partial charge in [0.2, 0.25) is 0 Å².